The maximum Gasteiger partial charge on any atom is 0.123 e. The van der Waals surface area contributed by atoms with Gasteiger partial charge in [-0.3, -0.25) is 0 Å². The highest BCUT2D eigenvalue weighted by Crippen LogP contribution is 2.83. The van der Waals surface area contributed by atoms with Gasteiger partial charge in [-0.05, 0) is 125 Å². The zero-order valence-electron chi connectivity index (χ0n) is 48.5. The van der Waals surface area contributed by atoms with Crippen LogP contribution in [0.25, 0.3) is 32.5 Å². The molecule has 1 atom stereocenters. The summed E-state index contributed by atoms with van der Waals surface area (Å²) in [5, 5.41) is 19.7. The molecule has 1 fully saturated rings. The highest BCUT2D eigenvalue weighted by molar-refractivity contribution is 7.63. The Morgan fingerprint density at radius 2 is 0.929 bits per heavy atom. The van der Waals surface area contributed by atoms with Gasteiger partial charge in [0.15, 0.2) is 0 Å². The lowest BCUT2D eigenvalue weighted by molar-refractivity contribution is 0.661. The molecule has 1 saturated carbocycles. The van der Waals surface area contributed by atoms with Gasteiger partial charge in [-0.25, -0.2) is 19.3 Å². The van der Waals surface area contributed by atoms with Crippen molar-refractivity contribution in [2.75, 3.05) is 10.2 Å². The minimum absolute atomic E-state index is 0.155. The first kappa shape index (κ1) is 58.9. The first-order valence-corrected chi connectivity index (χ1v) is 31.6. The Morgan fingerprint density at radius 1 is 0.476 bits per heavy atom. The van der Waals surface area contributed by atoms with E-state index >= 15 is 0 Å². The minimum Gasteiger partial charge on any atom is -0.355 e. The van der Waals surface area contributed by atoms with Gasteiger partial charge in [0.05, 0.1) is 11.4 Å². The molecule has 4 heterocycles. The van der Waals surface area contributed by atoms with Crippen molar-refractivity contribution in [3.05, 3.63) is 295 Å². The summed E-state index contributed by atoms with van der Waals surface area (Å²) in [5.74, 6) is 0. The number of halogens is 1. The van der Waals surface area contributed by atoms with Gasteiger partial charge in [-0.2, -0.15) is 10.2 Å². The molecule has 84 heavy (non-hydrogen) atoms. The third kappa shape index (κ3) is 14.0. The number of anilines is 5. The Kier molecular flexibility index (Phi) is 18.6. The van der Waals surface area contributed by atoms with Crippen molar-refractivity contribution in [2.24, 2.45) is 0 Å². The number of benzene rings is 8. The molecule has 0 amide bonds. The van der Waals surface area contributed by atoms with Crippen molar-refractivity contribution in [3.63, 3.8) is 0 Å². The first-order chi connectivity index (χ1) is 40.7. The van der Waals surface area contributed by atoms with Crippen molar-refractivity contribution in [1.29, 1.82) is 0 Å². The van der Waals surface area contributed by atoms with E-state index in [2.05, 4.69) is 218 Å². The van der Waals surface area contributed by atoms with Crippen LogP contribution in [-0.4, -0.2) is 45.0 Å². The minimum atomic E-state index is -0.208. The van der Waals surface area contributed by atoms with Crippen molar-refractivity contribution in [2.45, 2.75) is 75.8 Å². The van der Waals surface area contributed by atoms with Gasteiger partial charge >= 0.3 is 0 Å². The van der Waals surface area contributed by atoms with Crippen LogP contribution in [0.15, 0.2) is 278 Å². The summed E-state index contributed by atoms with van der Waals surface area (Å²) in [4.78, 5) is 10.9. The molecule has 0 spiro atoms. The number of aromatic nitrogens is 6. The van der Waals surface area contributed by atoms with E-state index in [0.717, 1.165) is 66.0 Å². The molecule has 13 rings (SSSR count). The monoisotopic (exact) mass is 1180 g/mol. The quantitative estimate of drug-likeness (QED) is 0.123. The maximum absolute atomic E-state index is 5.84. The number of hydrogen-bond donors (Lipinski definition) is 1. The molecule has 1 aliphatic carbocycles. The van der Waals surface area contributed by atoms with Crippen LogP contribution in [0.2, 0.25) is 5.02 Å². The summed E-state index contributed by atoms with van der Waals surface area (Å²) in [5.41, 5.74) is 12.8. The number of hydrogen-bond acceptors (Lipinski definition) is 8. The third-order valence-electron chi connectivity index (χ3n) is 14.6. The summed E-state index contributed by atoms with van der Waals surface area (Å²) in [6.45, 7) is 17.3. The van der Waals surface area contributed by atoms with E-state index in [-0.39, 0.29) is 13.3 Å². The van der Waals surface area contributed by atoms with Gasteiger partial charge in [-0.15, -0.1) is 22.7 Å². The lowest BCUT2D eigenvalue weighted by atomic mass is 9.86. The van der Waals surface area contributed by atoms with Gasteiger partial charge < -0.3 is 10.2 Å². The molecule has 1 N–H and O–H groups in total. The van der Waals surface area contributed by atoms with Gasteiger partial charge in [0.2, 0.25) is 0 Å². The first-order valence-electron chi connectivity index (χ1n) is 28.1. The molecular formula is C72H70ClN8PS2. The van der Waals surface area contributed by atoms with E-state index in [1.807, 2.05) is 130 Å². The SMILES string of the molecule is CC(C)(C)P(C(C)(C)C)C1(C)CC1(c1ccccc1)c1ccccc1.Clc1cccc(-c2nccs2)c1.c1ccc(N(c2cccc(-c3nccs3)c2)c2cccc(-n3cccn3)c2)cc1.c1ccc(Nc2cccc(-n3cccn3)c2)cc1. The van der Waals surface area contributed by atoms with Crippen molar-refractivity contribution in [1.82, 2.24) is 29.5 Å². The zero-order valence-corrected chi connectivity index (χ0v) is 51.8. The molecule has 0 aliphatic heterocycles. The largest absolute Gasteiger partial charge is 0.355 e. The maximum atomic E-state index is 5.84. The van der Waals surface area contributed by atoms with Crippen LogP contribution in [0.5, 0.6) is 0 Å². The molecule has 1 aliphatic rings. The van der Waals surface area contributed by atoms with E-state index in [1.54, 1.807) is 41.3 Å². The van der Waals surface area contributed by atoms with Crippen molar-refractivity contribution >= 4 is 70.6 Å². The number of para-hydroxylation sites is 2. The average Bonchev–Trinajstić information content (AvgIpc) is 1.58. The second-order valence-electron chi connectivity index (χ2n) is 22.6. The fourth-order valence-corrected chi connectivity index (χ4v) is 19.3. The van der Waals surface area contributed by atoms with Gasteiger partial charge in [0.1, 0.15) is 10.0 Å². The molecule has 0 bridgehead atoms. The Balaban J connectivity index is 0.000000130. The topological polar surface area (TPSA) is 76.7 Å². The third-order valence-corrected chi connectivity index (χ3v) is 20.7. The average molecular weight is 1180 g/mol. The fraction of sp³-hybridized carbons (Fsp3) is 0.167. The van der Waals surface area contributed by atoms with Crippen LogP contribution in [0, 0.1) is 0 Å². The second-order valence-corrected chi connectivity index (χ2v) is 29.2. The Bertz CT molecular complexity index is 3780. The Labute approximate surface area is 509 Å². The summed E-state index contributed by atoms with van der Waals surface area (Å²) < 4.78 is 3.72. The Morgan fingerprint density at radius 3 is 1.43 bits per heavy atom. The lowest BCUT2D eigenvalue weighted by Gasteiger charge is -2.48. The highest BCUT2D eigenvalue weighted by Gasteiger charge is 2.71. The number of nitrogens with zero attached hydrogens (tertiary/aromatic N) is 7. The Hall–Kier alpha value is -8.24. The van der Waals surface area contributed by atoms with E-state index in [0.29, 0.717) is 15.5 Å². The van der Waals surface area contributed by atoms with Gasteiger partial charge in [0.25, 0.3) is 0 Å². The standard InChI is InChI=1S/C24H18N4S.C24H33P.C15H13N3.C9H6ClNS/c1-2-8-20(9-3-1)28(22-11-4-7-19(17-22)24-25-14-16-29-24)23-12-5-10-21(18-23)27-15-6-13-26-27;1-21(2,3)25(22(4,5)6)23(7)18-24(23,19-14-10-8-11-15-19)20-16-12-9-13-17-20;1-2-6-13(7-3-1)17-14-8-4-9-15(12-14)18-11-5-10-16-18;10-8-3-1-2-7(6-8)9-11-4-5-12-9/h1-18H;8-17H,18H2,1-7H3;1-12,17H;1-6H. The summed E-state index contributed by atoms with van der Waals surface area (Å²) >= 11 is 9.10. The van der Waals surface area contributed by atoms with Crippen LogP contribution < -0.4 is 10.2 Å². The summed E-state index contributed by atoms with van der Waals surface area (Å²) in [6, 6.07) is 79.6. The van der Waals surface area contributed by atoms with E-state index in [1.165, 1.54) is 17.5 Å². The second kappa shape index (κ2) is 26.6. The van der Waals surface area contributed by atoms with Crippen LogP contribution >= 0.6 is 42.2 Å². The molecule has 8 aromatic carbocycles. The predicted molar refractivity (Wildman–Crippen MR) is 358 cm³/mol. The molecular weight excluding hydrogens is 1110 g/mol. The van der Waals surface area contributed by atoms with Crippen LogP contribution in [0.4, 0.5) is 28.4 Å². The highest BCUT2D eigenvalue weighted by atomic mass is 35.5. The molecule has 12 heteroatoms. The van der Waals surface area contributed by atoms with Gasteiger partial charge in [0, 0.05) is 103 Å². The molecule has 0 radical (unpaired) electrons. The van der Waals surface area contributed by atoms with Crippen LogP contribution in [0.3, 0.4) is 0 Å². The molecule has 8 nitrogen and oxygen atoms in total. The smallest absolute Gasteiger partial charge is 0.123 e. The molecule has 1 unspecified atom stereocenters. The number of thiazole rings is 2. The van der Waals surface area contributed by atoms with Crippen LogP contribution in [-0.2, 0) is 5.41 Å². The zero-order chi connectivity index (χ0) is 58.6. The predicted octanol–water partition coefficient (Wildman–Crippen LogP) is 20.8. The molecule has 4 aromatic heterocycles. The number of nitrogens with one attached hydrogen (secondary N) is 1. The molecule has 12 aromatic rings. The van der Waals surface area contributed by atoms with Crippen LogP contribution in [0.1, 0.15) is 66.0 Å². The van der Waals surface area contributed by atoms with E-state index in [4.69, 9.17) is 11.6 Å². The van der Waals surface area contributed by atoms with E-state index < -0.39 is 0 Å². The normalized spacial score (nSPS) is 14.2. The molecule has 0 saturated heterocycles. The molecule has 422 valence electrons. The van der Waals surface area contributed by atoms with Gasteiger partial charge in [-0.1, -0.05) is 201 Å². The van der Waals surface area contributed by atoms with Crippen molar-refractivity contribution in [3.8, 4) is 32.5 Å². The summed E-state index contributed by atoms with van der Waals surface area (Å²) in [6.07, 6.45) is 12.3. The summed E-state index contributed by atoms with van der Waals surface area (Å²) in [7, 11) is -0.208. The van der Waals surface area contributed by atoms with Crippen molar-refractivity contribution < 1.29 is 0 Å². The lowest BCUT2D eigenvalue weighted by Crippen LogP contribution is -2.35. The number of rotatable bonds is 12. The van der Waals surface area contributed by atoms with E-state index in [9.17, 15) is 0 Å². The fourth-order valence-electron chi connectivity index (χ4n) is 11.9.